The maximum Gasteiger partial charge on any atom is 0.315 e. The number of aromatic nitrogens is 2. The molecule has 6 heteroatoms. The van der Waals surface area contributed by atoms with E-state index in [1.54, 1.807) is 10.9 Å². The zero-order valence-corrected chi connectivity index (χ0v) is 14.1. The third-order valence-electron chi connectivity index (χ3n) is 4.37. The van der Waals surface area contributed by atoms with Crippen LogP contribution in [0.5, 0.6) is 5.75 Å². The number of carbonyl (C=O) groups is 1. The molecule has 3 atom stereocenters. The zero-order valence-electron chi connectivity index (χ0n) is 14.1. The average Bonchev–Trinajstić information content (AvgIpc) is 3.18. The Morgan fingerprint density at radius 2 is 2.12 bits per heavy atom. The van der Waals surface area contributed by atoms with Crippen LogP contribution in [-0.2, 0) is 7.05 Å². The molecular weight excluding hydrogens is 304 g/mol. The predicted molar refractivity (Wildman–Crippen MR) is 91.8 cm³/mol. The van der Waals surface area contributed by atoms with Crippen LogP contribution in [0.4, 0.5) is 4.79 Å². The number of nitrogens with zero attached hydrogens (tertiary/aromatic N) is 2. The van der Waals surface area contributed by atoms with Crippen molar-refractivity contribution in [2.45, 2.75) is 44.4 Å². The van der Waals surface area contributed by atoms with Crippen molar-refractivity contribution in [2.75, 3.05) is 0 Å². The van der Waals surface area contributed by atoms with E-state index in [2.05, 4.69) is 15.7 Å². The normalized spacial score (nSPS) is 21.2. The van der Waals surface area contributed by atoms with Crippen molar-refractivity contribution < 1.29 is 9.53 Å². The van der Waals surface area contributed by atoms with E-state index in [1.165, 1.54) is 0 Å². The predicted octanol–water partition coefficient (Wildman–Crippen LogP) is 2.78. The number of para-hydroxylation sites is 1. The van der Waals surface area contributed by atoms with Gasteiger partial charge in [-0.05, 0) is 38.3 Å². The molecule has 0 radical (unpaired) electrons. The van der Waals surface area contributed by atoms with Gasteiger partial charge in [-0.25, -0.2) is 4.79 Å². The summed E-state index contributed by atoms with van der Waals surface area (Å²) >= 11 is 0. The highest BCUT2D eigenvalue weighted by Gasteiger charge is 2.30. The first-order valence-electron chi connectivity index (χ1n) is 8.39. The number of aryl methyl sites for hydroxylation is 1. The first-order chi connectivity index (χ1) is 11.6. The molecule has 1 fully saturated rings. The fourth-order valence-corrected chi connectivity index (χ4v) is 3.06. The number of urea groups is 1. The second-order valence-electron chi connectivity index (χ2n) is 6.29. The number of ether oxygens (including phenoxy) is 1. The van der Waals surface area contributed by atoms with Gasteiger partial charge in [-0.1, -0.05) is 18.2 Å². The van der Waals surface area contributed by atoms with E-state index in [0.29, 0.717) is 0 Å². The zero-order chi connectivity index (χ0) is 16.9. The van der Waals surface area contributed by atoms with Crippen molar-refractivity contribution in [3.63, 3.8) is 0 Å². The maximum atomic E-state index is 12.3. The number of rotatable bonds is 5. The molecule has 0 aliphatic heterocycles. The smallest absolute Gasteiger partial charge is 0.315 e. The van der Waals surface area contributed by atoms with Crippen LogP contribution in [0.3, 0.4) is 0 Å². The van der Waals surface area contributed by atoms with E-state index >= 15 is 0 Å². The van der Waals surface area contributed by atoms with Crippen LogP contribution < -0.4 is 15.4 Å². The molecule has 1 aromatic carbocycles. The van der Waals surface area contributed by atoms with Gasteiger partial charge in [0.25, 0.3) is 0 Å². The van der Waals surface area contributed by atoms with Crippen LogP contribution in [0.1, 0.15) is 37.8 Å². The summed E-state index contributed by atoms with van der Waals surface area (Å²) in [6, 6.07) is 9.54. The summed E-state index contributed by atoms with van der Waals surface area (Å²) < 4.78 is 7.75. The molecule has 0 spiro atoms. The lowest BCUT2D eigenvalue weighted by Crippen LogP contribution is -2.47. The monoisotopic (exact) mass is 328 g/mol. The summed E-state index contributed by atoms with van der Waals surface area (Å²) in [4.78, 5) is 12.3. The van der Waals surface area contributed by atoms with Gasteiger partial charge in [-0.2, -0.15) is 5.10 Å². The van der Waals surface area contributed by atoms with Gasteiger partial charge in [-0.3, -0.25) is 4.68 Å². The van der Waals surface area contributed by atoms with Crippen molar-refractivity contribution >= 4 is 6.03 Å². The van der Waals surface area contributed by atoms with E-state index in [4.69, 9.17) is 4.74 Å². The van der Waals surface area contributed by atoms with E-state index < -0.39 is 0 Å². The molecule has 2 aromatic rings. The summed E-state index contributed by atoms with van der Waals surface area (Å²) in [5.74, 6) is 0.848. The minimum Gasteiger partial charge on any atom is -0.488 e. The number of nitrogens with one attached hydrogen (secondary N) is 2. The molecule has 0 bridgehead atoms. The summed E-state index contributed by atoms with van der Waals surface area (Å²) in [7, 11) is 1.86. The van der Waals surface area contributed by atoms with Gasteiger partial charge in [0, 0.05) is 18.8 Å². The number of hydrogen-bond donors (Lipinski definition) is 2. The third-order valence-corrected chi connectivity index (χ3v) is 4.37. The highest BCUT2D eigenvalue weighted by Crippen LogP contribution is 2.24. The molecule has 1 aromatic heterocycles. The lowest BCUT2D eigenvalue weighted by molar-refractivity contribution is 0.172. The molecule has 2 amide bonds. The van der Waals surface area contributed by atoms with E-state index in [-0.39, 0.29) is 24.2 Å². The van der Waals surface area contributed by atoms with Gasteiger partial charge in [-0.15, -0.1) is 0 Å². The quantitative estimate of drug-likeness (QED) is 0.887. The molecule has 6 nitrogen and oxygen atoms in total. The van der Waals surface area contributed by atoms with Crippen molar-refractivity contribution in [3.05, 3.63) is 48.3 Å². The summed E-state index contributed by atoms with van der Waals surface area (Å²) in [5.41, 5.74) is 0.983. The molecule has 0 saturated heterocycles. The van der Waals surface area contributed by atoms with E-state index in [1.807, 2.05) is 50.5 Å². The largest absolute Gasteiger partial charge is 0.488 e. The lowest BCUT2D eigenvalue weighted by atomic mass is 10.2. The Hall–Kier alpha value is -2.50. The van der Waals surface area contributed by atoms with Crippen LogP contribution in [0, 0.1) is 0 Å². The van der Waals surface area contributed by atoms with Gasteiger partial charge in [0.05, 0.1) is 18.3 Å². The average molecular weight is 328 g/mol. The second-order valence-corrected chi connectivity index (χ2v) is 6.29. The standard InChI is InChI=1S/C18H24N4O2/c1-13(14-11-19-22(2)12-14)20-18(23)21-16-9-6-10-17(16)24-15-7-4-3-5-8-15/h3-5,7-8,11-13,16-17H,6,9-10H2,1-2H3,(H2,20,21,23). The van der Waals surface area contributed by atoms with Crippen molar-refractivity contribution in [2.24, 2.45) is 7.05 Å². The third kappa shape index (κ3) is 4.07. The summed E-state index contributed by atoms with van der Waals surface area (Å²) in [6.45, 7) is 1.95. The first kappa shape index (κ1) is 16.4. The summed E-state index contributed by atoms with van der Waals surface area (Å²) in [5, 5.41) is 10.1. The number of amides is 2. The van der Waals surface area contributed by atoms with Gasteiger partial charge < -0.3 is 15.4 Å². The van der Waals surface area contributed by atoms with Gasteiger partial charge >= 0.3 is 6.03 Å². The highest BCUT2D eigenvalue weighted by molar-refractivity contribution is 5.74. The topological polar surface area (TPSA) is 68.2 Å². The fourth-order valence-electron chi connectivity index (χ4n) is 3.06. The highest BCUT2D eigenvalue weighted by atomic mass is 16.5. The maximum absolute atomic E-state index is 12.3. The molecule has 128 valence electrons. The van der Waals surface area contributed by atoms with Crippen LogP contribution in [0.2, 0.25) is 0 Å². The van der Waals surface area contributed by atoms with Crippen LogP contribution in [0.25, 0.3) is 0 Å². The van der Waals surface area contributed by atoms with Gasteiger partial charge in [0.15, 0.2) is 0 Å². The van der Waals surface area contributed by atoms with Gasteiger partial charge in [0.2, 0.25) is 0 Å². The van der Waals surface area contributed by atoms with Crippen molar-refractivity contribution in [3.8, 4) is 5.75 Å². The van der Waals surface area contributed by atoms with Crippen LogP contribution >= 0.6 is 0 Å². The van der Waals surface area contributed by atoms with Crippen LogP contribution in [-0.4, -0.2) is 28.0 Å². The number of benzene rings is 1. The van der Waals surface area contributed by atoms with Crippen molar-refractivity contribution in [1.82, 2.24) is 20.4 Å². The Morgan fingerprint density at radius 3 is 2.83 bits per heavy atom. The Morgan fingerprint density at radius 1 is 1.33 bits per heavy atom. The Bertz CT molecular complexity index is 671. The molecule has 2 N–H and O–H groups in total. The molecule has 1 aliphatic carbocycles. The molecular formula is C18H24N4O2. The SMILES string of the molecule is CC(NC(=O)NC1CCCC1Oc1ccccc1)c1cnn(C)c1. The molecule has 3 unspecified atom stereocenters. The van der Waals surface area contributed by atoms with E-state index in [9.17, 15) is 4.79 Å². The molecule has 1 aliphatic rings. The van der Waals surface area contributed by atoms with E-state index in [0.717, 1.165) is 30.6 Å². The molecule has 24 heavy (non-hydrogen) atoms. The fraction of sp³-hybridized carbons (Fsp3) is 0.444. The minimum atomic E-state index is -0.167. The minimum absolute atomic E-state index is 0.0202. The Labute approximate surface area is 142 Å². The van der Waals surface area contributed by atoms with Gasteiger partial charge in [0.1, 0.15) is 11.9 Å². The first-order valence-corrected chi connectivity index (χ1v) is 8.39. The molecule has 3 rings (SSSR count). The lowest BCUT2D eigenvalue weighted by Gasteiger charge is -2.23. The Balaban J connectivity index is 1.53. The Kier molecular flexibility index (Phi) is 5.03. The number of carbonyl (C=O) groups excluding carboxylic acids is 1. The van der Waals surface area contributed by atoms with Crippen molar-refractivity contribution in [1.29, 1.82) is 0 Å². The second kappa shape index (κ2) is 7.38. The molecule has 1 heterocycles. The number of hydrogen-bond acceptors (Lipinski definition) is 3. The summed E-state index contributed by atoms with van der Waals surface area (Å²) in [6.07, 6.45) is 6.64. The van der Waals surface area contributed by atoms with Crippen LogP contribution in [0.15, 0.2) is 42.7 Å². The molecule has 1 saturated carbocycles.